The summed E-state index contributed by atoms with van der Waals surface area (Å²) < 4.78 is 0. The molecule has 5 nitrogen and oxygen atoms in total. The van der Waals surface area contributed by atoms with Crippen LogP contribution in [0.15, 0.2) is 60.2 Å². The molecular formula is C20H16N2O3. The maximum Gasteiger partial charge on any atom is 0.259 e. The van der Waals surface area contributed by atoms with Crippen LogP contribution >= 0.6 is 0 Å². The van der Waals surface area contributed by atoms with Gasteiger partial charge in [-0.25, -0.2) is 0 Å². The number of aryl methyl sites for hydroxylation is 1. The number of hydrogen-bond acceptors (Lipinski definition) is 4. The predicted molar refractivity (Wildman–Crippen MR) is 93.1 cm³/mol. The molecule has 0 bridgehead atoms. The van der Waals surface area contributed by atoms with Gasteiger partial charge in [0.25, 0.3) is 11.8 Å². The highest BCUT2D eigenvalue weighted by molar-refractivity contribution is 6.26. The van der Waals surface area contributed by atoms with Crippen molar-refractivity contribution in [1.29, 1.82) is 0 Å². The van der Waals surface area contributed by atoms with Gasteiger partial charge in [-0.2, -0.15) is 0 Å². The average Bonchev–Trinajstić information content (AvgIpc) is 3.05. The van der Waals surface area contributed by atoms with Crippen molar-refractivity contribution in [1.82, 2.24) is 4.90 Å². The van der Waals surface area contributed by atoms with Crippen molar-refractivity contribution in [2.75, 3.05) is 12.4 Å². The lowest BCUT2D eigenvalue weighted by molar-refractivity contribution is -0.135. The third kappa shape index (κ3) is 1.99. The maximum absolute atomic E-state index is 13.4. The normalized spacial score (nSPS) is 22.1. The van der Waals surface area contributed by atoms with E-state index in [4.69, 9.17) is 0 Å². The van der Waals surface area contributed by atoms with E-state index in [2.05, 4.69) is 5.32 Å². The van der Waals surface area contributed by atoms with Crippen molar-refractivity contribution >= 4 is 23.3 Å². The molecule has 2 aromatic rings. The number of hydrogen-bond donors (Lipinski definition) is 1. The molecule has 4 rings (SSSR count). The Morgan fingerprint density at radius 3 is 2.40 bits per heavy atom. The van der Waals surface area contributed by atoms with E-state index in [-0.39, 0.29) is 11.4 Å². The van der Waals surface area contributed by atoms with Gasteiger partial charge in [0.2, 0.25) is 0 Å². The molecule has 124 valence electrons. The van der Waals surface area contributed by atoms with Gasteiger partial charge in [0, 0.05) is 24.4 Å². The monoisotopic (exact) mass is 332 g/mol. The summed E-state index contributed by atoms with van der Waals surface area (Å²) in [5, 5.41) is 3.24. The van der Waals surface area contributed by atoms with Gasteiger partial charge in [0.15, 0.2) is 11.3 Å². The van der Waals surface area contributed by atoms with E-state index < -0.39 is 17.4 Å². The van der Waals surface area contributed by atoms with Crippen molar-refractivity contribution in [3.8, 4) is 0 Å². The number of nitrogens with one attached hydrogen (secondary N) is 1. The maximum atomic E-state index is 13.4. The van der Waals surface area contributed by atoms with Crippen molar-refractivity contribution in [2.24, 2.45) is 0 Å². The minimum absolute atomic E-state index is 0.159. The number of imide groups is 1. The van der Waals surface area contributed by atoms with Crippen LogP contribution in [0.3, 0.4) is 0 Å². The van der Waals surface area contributed by atoms with Gasteiger partial charge in [-0.3, -0.25) is 19.3 Å². The topological polar surface area (TPSA) is 66.5 Å². The number of likely N-dealkylation sites (N-methyl/N-ethyl adjacent to an activating group) is 1. The summed E-state index contributed by atoms with van der Waals surface area (Å²) in [5.41, 5.74) is 1.56. The molecule has 2 heterocycles. The van der Waals surface area contributed by atoms with Gasteiger partial charge < -0.3 is 5.32 Å². The number of carbonyl (C=O) groups is 3. The summed E-state index contributed by atoms with van der Waals surface area (Å²) >= 11 is 0. The number of anilines is 1. The SMILES string of the molecule is Cc1cccc(C2(C3=CC(=O)N(C)C3=O)Nc3ccccc3C2=O)c1. The molecule has 1 unspecified atom stereocenters. The smallest absolute Gasteiger partial charge is 0.259 e. The lowest BCUT2D eigenvalue weighted by atomic mass is 9.78. The second kappa shape index (κ2) is 5.14. The number of benzene rings is 2. The zero-order chi connectivity index (χ0) is 17.8. The van der Waals surface area contributed by atoms with Gasteiger partial charge in [-0.15, -0.1) is 0 Å². The number of para-hydroxylation sites is 1. The van der Waals surface area contributed by atoms with Crippen molar-refractivity contribution in [3.05, 3.63) is 76.9 Å². The molecule has 2 aliphatic rings. The summed E-state index contributed by atoms with van der Waals surface area (Å²) in [6.45, 7) is 1.92. The van der Waals surface area contributed by atoms with Gasteiger partial charge >= 0.3 is 0 Å². The Morgan fingerprint density at radius 1 is 1.00 bits per heavy atom. The lowest BCUT2D eigenvalue weighted by Gasteiger charge is -2.30. The van der Waals surface area contributed by atoms with Crippen LogP contribution in [0.2, 0.25) is 0 Å². The van der Waals surface area contributed by atoms with Crippen LogP contribution in [0.25, 0.3) is 0 Å². The molecule has 0 aromatic heterocycles. The van der Waals surface area contributed by atoms with Crippen LogP contribution in [0.4, 0.5) is 5.69 Å². The van der Waals surface area contributed by atoms with E-state index in [9.17, 15) is 14.4 Å². The van der Waals surface area contributed by atoms with E-state index in [0.29, 0.717) is 16.8 Å². The van der Waals surface area contributed by atoms with Crippen LogP contribution in [0.1, 0.15) is 21.5 Å². The van der Waals surface area contributed by atoms with Crippen molar-refractivity contribution in [3.63, 3.8) is 0 Å². The van der Waals surface area contributed by atoms with Gasteiger partial charge in [0.05, 0.1) is 5.57 Å². The second-order valence-electron chi connectivity index (χ2n) is 6.38. The molecule has 0 fully saturated rings. The second-order valence-corrected chi connectivity index (χ2v) is 6.38. The third-order valence-electron chi connectivity index (χ3n) is 4.82. The minimum Gasteiger partial charge on any atom is -0.364 e. The highest BCUT2D eigenvalue weighted by atomic mass is 16.2. The molecule has 0 radical (unpaired) electrons. The Bertz CT molecular complexity index is 976. The molecule has 0 saturated heterocycles. The molecular weight excluding hydrogens is 316 g/mol. The van der Waals surface area contributed by atoms with Crippen molar-refractivity contribution in [2.45, 2.75) is 12.5 Å². The fourth-order valence-corrected chi connectivity index (χ4v) is 3.51. The van der Waals surface area contributed by atoms with Crippen LogP contribution in [0, 0.1) is 6.92 Å². The number of ketones is 1. The van der Waals surface area contributed by atoms with Crippen LogP contribution in [-0.4, -0.2) is 29.5 Å². The molecule has 1 atom stereocenters. The molecule has 25 heavy (non-hydrogen) atoms. The quantitative estimate of drug-likeness (QED) is 0.858. The zero-order valence-corrected chi connectivity index (χ0v) is 13.9. The number of rotatable bonds is 2. The van der Waals surface area contributed by atoms with Crippen LogP contribution < -0.4 is 5.32 Å². The molecule has 5 heteroatoms. The van der Waals surface area contributed by atoms with Gasteiger partial charge in [0.1, 0.15) is 0 Å². The lowest BCUT2D eigenvalue weighted by Crippen LogP contribution is -2.44. The van der Waals surface area contributed by atoms with Crippen molar-refractivity contribution < 1.29 is 14.4 Å². The Balaban J connectivity index is 1.99. The molecule has 2 aromatic carbocycles. The molecule has 2 amide bonds. The number of nitrogens with zero attached hydrogens (tertiary/aromatic N) is 1. The molecule has 0 saturated carbocycles. The average molecular weight is 332 g/mol. The first kappa shape index (κ1) is 15.3. The Morgan fingerprint density at radius 2 is 1.76 bits per heavy atom. The first-order valence-corrected chi connectivity index (χ1v) is 7.98. The van der Waals surface area contributed by atoms with Gasteiger partial charge in [-0.1, -0.05) is 42.0 Å². The molecule has 1 N–H and O–H groups in total. The highest BCUT2D eigenvalue weighted by Crippen LogP contribution is 2.45. The predicted octanol–water partition coefficient (Wildman–Crippen LogP) is 2.42. The van der Waals surface area contributed by atoms with E-state index >= 15 is 0 Å². The largest absolute Gasteiger partial charge is 0.364 e. The van der Waals surface area contributed by atoms with Crippen LogP contribution in [-0.2, 0) is 15.1 Å². The fourth-order valence-electron chi connectivity index (χ4n) is 3.51. The van der Waals surface area contributed by atoms with E-state index in [0.717, 1.165) is 10.5 Å². The van der Waals surface area contributed by atoms with E-state index in [1.165, 1.54) is 13.1 Å². The van der Waals surface area contributed by atoms with Crippen LogP contribution in [0.5, 0.6) is 0 Å². The Hall–Kier alpha value is -3.21. The summed E-state index contributed by atoms with van der Waals surface area (Å²) in [6, 6.07) is 14.6. The van der Waals surface area contributed by atoms with E-state index in [1.807, 2.05) is 31.2 Å². The Kier molecular flexibility index (Phi) is 3.15. The molecule has 2 aliphatic heterocycles. The summed E-state index contributed by atoms with van der Waals surface area (Å²) in [6.07, 6.45) is 1.27. The zero-order valence-electron chi connectivity index (χ0n) is 13.9. The summed E-state index contributed by atoms with van der Waals surface area (Å²) in [5.74, 6) is -1.10. The minimum atomic E-state index is -1.38. The molecule has 0 aliphatic carbocycles. The number of Topliss-reactive ketones (excluding diaryl/α,β-unsaturated/α-hetero) is 1. The Labute approximate surface area is 145 Å². The highest BCUT2D eigenvalue weighted by Gasteiger charge is 2.54. The van der Waals surface area contributed by atoms with Gasteiger partial charge in [-0.05, 0) is 24.6 Å². The first-order valence-electron chi connectivity index (χ1n) is 7.98. The number of carbonyl (C=O) groups excluding carboxylic acids is 3. The number of fused-ring (bicyclic) bond motifs is 1. The standard InChI is InChI=1S/C20H16N2O3/c1-12-6-5-7-13(10-12)20(15-11-17(23)22(2)19(15)25)18(24)14-8-3-4-9-16(14)21-20/h3-11,21H,1-2H3. The molecule has 0 spiro atoms. The summed E-state index contributed by atoms with van der Waals surface area (Å²) in [4.78, 5) is 39.2. The fraction of sp³-hybridized carbons (Fsp3) is 0.150. The first-order chi connectivity index (χ1) is 11.9. The number of amides is 2. The van der Waals surface area contributed by atoms with E-state index in [1.54, 1.807) is 24.3 Å². The third-order valence-corrected chi connectivity index (χ3v) is 4.82. The summed E-state index contributed by atoms with van der Waals surface area (Å²) in [7, 11) is 1.42.